The summed E-state index contributed by atoms with van der Waals surface area (Å²) in [5, 5.41) is 175. The molecule has 0 radical (unpaired) electrons. The minimum atomic E-state index is -2.07. The van der Waals surface area contributed by atoms with Crippen molar-refractivity contribution in [1.29, 1.82) is 0 Å². The minimum Gasteiger partial charge on any atom is -0.394 e. The van der Waals surface area contributed by atoms with Crippen LogP contribution in [0.1, 0.15) is 0 Å². The van der Waals surface area contributed by atoms with E-state index in [0.29, 0.717) is 0 Å². The summed E-state index contributed by atoms with van der Waals surface area (Å²) >= 11 is 0. The van der Waals surface area contributed by atoms with E-state index < -0.39 is 187 Å². The van der Waals surface area contributed by atoms with Gasteiger partial charge < -0.3 is 129 Å². The Morgan fingerprint density at radius 3 is 1.14 bits per heavy atom. The molecule has 5 saturated heterocycles. The fourth-order valence-corrected chi connectivity index (χ4v) is 6.79. The van der Waals surface area contributed by atoms with Crippen LogP contribution in [0.15, 0.2) is 0 Å². The predicted octanol–water partition coefficient (Wildman–Crippen LogP) is -11.9. The summed E-state index contributed by atoms with van der Waals surface area (Å²) in [6.45, 7) is -4.09. The lowest BCUT2D eigenvalue weighted by atomic mass is 9.96. The molecule has 25 atom stereocenters. The summed E-state index contributed by atoms with van der Waals surface area (Å²) in [5.41, 5.74) is 0. The highest BCUT2D eigenvalue weighted by molar-refractivity contribution is 4.97. The van der Waals surface area contributed by atoms with Crippen molar-refractivity contribution >= 4 is 0 Å². The lowest BCUT2D eigenvalue weighted by Gasteiger charge is -2.46. The molecule has 0 aromatic heterocycles. The van der Waals surface area contributed by atoms with Crippen molar-refractivity contribution in [3.63, 3.8) is 0 Å². The highest BCUT2D eigenvalue weighted by Crippen LogP contribution is 2.33. The molecule has 0 saturated carbocycles. The topological polar surface area (TPSA) is 427 Å². The Morgan fingerprint density at radius 2 is 0.661 bits per heavy atom. The van der Waals surface area contributed by atoms with Crippen molar-refractivity contribution in [1.82, 2.24) is 0 Å². The van der Waals surface area contributed by atoms with E-state index in [1.54, 1.807) is 0 Å². The summed E-state index contributed by atoms with van der Waals surface area (Å²) in [4.78, 5) is 0. The predicted molar refractivity (Wildman–Crippen MR) is 167 cm³/mol. The van der Waals surface area contributed by atoms with Crippen LogP contribution in [0, 0.1) is 0 Å². The average Bonchev–Trinajstić information content (AvgIpc) is 3.18. The Bertz CT molecular complexity index is 1200. The van der Waals surface area contributed by atoms with Gasteiger partial charge in [0.05, 0.1) is 33.0 Å². The maximum absolute atomic E-state index is 11.0. The molecule has 26 heteroatoms. The number of hydrogen-bond donors (Lipinski definition) is 17. The van der Waals surface area contributed by atoms with Gasteiger partial charge >= 0.3 is 0 Å². The second-order valence-corrected chi connectivity index (χ2v) is 14.0. The molecule has 26 nitrogen and oxygen atoms in total. The summed E-state index contributed by atoms with van der Waals surface area (Å²) < 4.78 is 49.0. The van der Waals surface area contributed by atoms with Gasteiger partial charge in [-0.2, -0.15) is 0 Å². The molecule has 0 spiro atoms. The Balaban J connectivity index is 1.23. The van der Waals surface area contributed by atoms with Crippen molar-refractivity contribution in [3.05, 3.63) is 0 Å². The first-order valence-corrected chi connectivity index (χ1v) is 17.6. The van der Waals surface area contributed by atoms with Crippen molar-refractivity contribution in [2.24, 2.45) is 0 Å². The van der Waals surface area contributed by atoms with E-state index in [2.05, 4.69) is 0 Å². The van der Waals surface area contributed by atoms with Crippen LogP contribution in [0.25, 0.3) is 0 Å². The molecule has 0 bridgehead atoms. The van der Waals surface area contributed by atoms with Gasteiger partial charge in [0, 0.05) is 0 Å². The van der Waals surface area contributed by atoms with Crippen LogP contribution in [0.2, 0.25) is 0 Å². The van der Waals surface area contributed by atoms with Crippen molar-refractivity contribution < 1.29 is 129 Å². The van der Waals surface area contributed by atoms with Crippen LogP contribution in [0.3, 0.4) is 0 Å². The number of aliphatic hydroxyl groups excluding tert-OH is 17. The number of hydrogen-bond acceptors (Lipinski definition) is 26. The molecule has 56 heavy (non-hydrogen) atoms. The van der Waals surface area contributed by atoms with Crippen LogP contribution in [0.5, 0.6) is 0 Å². The fourth-order valence-electron chi connectivity index (χ4n) is 6.79. The highest BCUT2D eigenvalue weighted by Gasteiger charge is 2.54. The molecule has 0 aliphatic carbocycles. The first kappa shape index (κ1) is 46.0. The molecule has 0 amide bonds. The van der Waals surface area contributed by atoms with Gasteiger partial charge in [-0.1, -0.05) is 0 Å². The molecular weight excluding hydrogens is 776 g/mol. The zero-order valence-corrected chi connectivity index (χ0v) is 29.2. The number of ether oxygens (including phenoxy) is 9. The normalized spacial score (nSPS) is 53.2. The van der Waals surface area contributed by atoms with E-state index in [1.807, 2.05) is 0 Å². The largest absolute Gasteiger partial charge is 0.394 e. The first-order chi connectivity index (χ1) is 26.4. The molecule has 5 heterocycles. The molecule has 25 unspecified atom stereocenters. The summed E-state index contributed by atoms with van der Waals surface area (Å²) in [7, 11) is 0. The zero-order chi connectivity index (χ0) is 41.3. The Morgan fingerprint density at radius 1 is 0.304 bits per heavy atom. The van der Waals surface area contributed by atoms with E-state index in [9.17, 15) is 86.8 Å². The van der Waals surface area contributed by atoms with Crippen molar-refractivity contribution in [2.45, 2.75) is 154 Å². The van der Waals surface area contributed by atoms with E-state index in [4.69, 9.17) is 42.6 Å². The molecule has 5 aliphatic rings. The SMILES string of the molecule is OCC1OC(OC2C(OCC3OC(OCC4OC(O)C(O)C(OC5OC(CO)C(O)C(O)C5O)C4O)C(O)C(O)C3O)OC(CO)C(O)C2O)C(O)C(O)C1O. The third kappa shape index (κ3) is 9.46. The van der Waals surface area contributed by atoms with Crippen molar-refractivity contribution in [3.8, 4) is 0 Å². The van der Waals surface area contributed by atoms with Crippen molar-refractivity contribution in [2.75, 3.05) is 33.0 Å². The minimum absolute atomic E-state index is 0.784. The first-order valence-electron chi connectivity index (χ1n) is 17.6. The van der Waals surface area contributed by atoms with E-state index in [-0.39, 0.29) is 0 Å². The van der Waals surface area contributed by atoms with E-state index in [0.717, 1.165) is 0 Å². The molecule has 5 aliphatic heterocycles. The Labute approximate surface area is 316 Å². The van der Waals surface area contributed by atoms with Gasteiger partial charge in [-0.3, -0.25) is 0 Å². The molecule has 0 aromatic rings. The van der Waals surface area contributed by atoms with Crippen LogP contribution in [0.4, 0.5) is 0 Å². The second-order valence-electron chi connectivity index (χ2n) is 14.0. The van der Waals surface area contributed by atoms with Gasteiger partial charge in [-0.05, 0) is 0 Å². The van der Waals surface area contributed by atoms with Gasteiger partial charge in [-0.15, -0.1) is 0 Å². The highest BCUT2D eigenvalue weighted by atomic mass is 16.8. The maximum atomic E-state index is 11.0. The van der Waals surface area contributed by atoms with Crippen LogP contribution >= 0.6 is 0 Å². The molecule has 328 valence electrons. The molecule has 17 N–H and O–H groups in total. The van der Waals surface area contributed by atoms with E-state index in [1.165, 1.54) is 0 Å². The number of aliphatic hydroxyl groups is 17. The van der Waals surface area contributed by atoms with Crippen LogP contribution in [-0.2, 0) is 42.6 Å². The van der Waals surface area contributed by atoms with Gasteiger partial charge in [0.1, 0.15) is 122 Å². The third-order valence-electron chi connectivity index (χ3n) is 10.3. The molecule has 5 fully saturated rings. The zero-order valence-electron chi connectivity index (χ0n) is 29.2. The molecular formula is C30H52O26. The summed E-state index contributed by atoms with van der Waals surface area (Å²) in [6.07, 6.45) is -45.4. The van der Waals surface area contributed by atoms with Crippen LogP contribution in [-0.4, -0.2) is 273 Å². The van der Waals surface area contributed by atoms with Gasteiger partial charge in [0.2, 0.25) is 0 Å². The summed E-state index contributed by atoms with van der Waals surface area (Å²) in [6, 6.07) is 0. The quantitative estimate of drug-likeness (QED) is 0.0819. The maximum Gasteiger partial charge on any atom is 0.187 e. The number of rotatable bonds is 13. The monoisotopic (exact) mass is 828 g/mol. The average molecular weight is 829 g/mol. The molecule has 0 aromatic carbocycles. The van der Waals surface area contributed by atoms with Gasteiger partial charge in [0.25, 0.3) is 0 Å². The third-order valence-corrected chi connectivity index (χ3v) is 10.3. The fraction of sp³-hybridized carbons (Fsp3) is 1.00. The molecule has 5 rings (SSSR count). The lowest BCUT2D eigenvalue weighted by Crippen LogP contribution is -2.65. The van der Waals surface area contributed by atoms with Gasteiger partial charge in [0.15, 0.2) is 31.5 Å². The Kier molecular flexibility index (Phi) is 16.1. The smallest absolute Gasteiger partial charge is 0.187 e. The van der Waals surface area contributed by atoms with Gasteiger partial charge in [-0.25, -0.2) is 0 Å². The lowest BCUT2D eigenvalue weighted by molar-refractivity contribution is -0.375. The standard InChI is InChI=1S/C30H52O26/c31-1-6-11(34)16(39)21(44)28(51-6)55-24-15(38)10(50-26(47)23(24)46)5-48-27-20(43)18(41)14(37)9(54-27)4-49-30-25(19(42)13(36)8(3-33)53-30)56-29-22(45)17(40)12(35)7(2-32)52-29/h6-47H,1-5H2. The summed E-state index contributed by atoms with van der Waals surface area (Å²) in [5.74, 6) is 0. The van der Waals surface area contributed by atoms with Crippen LogP contribution < -0.4 is 0 Å². The second kappa shape index (κ2) is 19.6. The Hall–Kier alpha value is -1.04. The van der Waals surface area contributed by atoms with E-state index >= 15 is 0 Å².